The number of rotatable bonds is 4. The fourth-order valence-corrected chi connectivity index (χ4v) is 3.92. The highest BCUT2D eigenvalue weighted by Gasteiger charge is 2.21. The average molecular weight is 403 g/mol. The van der Waals surface area contributed by atoms with Crippen molar-refractivity contribution in [2.45, 2.75) is 19.0 Å². The number of hydrogen-bond donors (Lipinski definition) is 1. The number of fused-ring (bicyclic) bond motifs is 1. The van der Waals surface area contributed by atoms with Crippen LogP contribution in [0, 0.1) is 0 Å². The van der Waals surface area contributed by atoms with Gasteiger partial charge in [0.2, 0.25) is 0 Å². The maximum Gasteiger partial charge on any atom is 0.124 e. The highest BCUT2D eigenvalue weighted by Crippen LogP contribution is 2.32. The van der Waals surface area contributed by atoms with Crippen molar-refractivity contribution in [1.82, 2.24) is 5.32 Å². The molecule has 2 heterocycles. The summed E-state index contributed by atoms with van der Waals surface area (Å²) < 4.78 is 12.4. The van der Waals surface area contributed by atoms with Gasteiger partial charge in [0, 0.05) is 47.8 Å². The summed E-state index contributed by atoms with van der Waals surface area (Å²) in [5, 5.41) is 3.74. The van der Waals surface area contributed by atoms with Crippen LogP contribution in [-0.4, -0.2) is 32.9 Å². The van der Waals surface area contributed by atoms with Crippen molar-refractivity contribution in [3.8, 4) is 5.75 Å². The molecule has 2 aromatic rings. The predicted octanol–water partition coefficient (Wildman–Crippen LogP) is 3.90. The van der Waals surface area contributed by atoms with Crippen LogP contribution in [0.5, 0.6) is 5.75 Å². The third-order valence-corrected chi connectivity index (χ3v) is 5.39. The van der Waals surface area contributed by atoms with Gasteiger partial charge in [0.15, 0.2) is 0 Å². The van der Waals surface area contributed by atoms with E-state index >= 15 is 0 Å². The molecule has 25 heavy (non-hydrogen) atoms. The minimum atomic E-state index is 0.339. The van der Waals surface area contributed by atoms with Crippen LogP contribution in [0.25, 0.3) is 0 Å². The maximum atomic E-state index is 5.77. The number of nitrogens with zero attached hydrogens (tertiary/aromatic N) is 1. The van der Waals surface area contributed by atoms with E-state index in [0.29, 0.717) is 6.04 Å². The number of halogens is 1. The lowest BCUT2D eigenvalue weighted by atomic mass is 10.00. The van der Waals surface area contributed by atoms with Gasteiger partial charge in [-0.3, -0.25) is 0 Å². The van der Waals surface area contributed by atoms with Crippen molar-refractivity contribution in [3.05, 3.63) is 58.1 Å². The molecule has 0 bridgehead atoms. The zero-order chi connectivity index (χ0) is 17.1. The molecule has 0 aliphatic carbocycles. The van der Waals surface area contributed by atoms with Gasteiger partial charge in [-0.25, -0.2) is 0 Å². The lowest BCUT2D eigenvalue weighted by Crippen LogP contribution is -2.37. The Morgan fingerprint density at radius 1 is 1.08 bits per heavy atom. The first-order valence-electron chi connectivity index (χ1n) is 8.87. The van der Waals surface area contributed by atoms with Gasteiger partial charge in [-0.15, -0.1) is 0 Å². The van der Waals surface area contributed by atoms with Gasteiger partial charge in [-0.1, -0.05) is 40.2 Å². The second-order valence-corrected chi connectivity index (χ2v) is 7.40. The number of hydrogen-bond acceptors (Lipinski definition) is 4. The van der Waals surface area contributed by atoms with Gasteiger partial charge >= 0.3 is 0 Å². The molecule has 1 N–H and O–H groups in total. The molecule has 4 rings (SSSR count). The van der Waals surface area contributed by atoms with Crippen LogP contribution in [0.3, 0.4) is 0 Å². The average Bonchev–Trinajstić information content (AvgIpc) is 2.67. The van der Waals surface area contributed by atoms with Crippen LogP contribution in [0.1, 0.15) is 23.6 Å². The zero-order valence-electron chi connectivity index (χ0n) is 14.2. The molecule has 4 nitrogen and oxygen atoms in total. The molecule has 0 radical (unpaired) electrons. The molecule has 0 unspecified atom stereocenters. The minimum Gasteiger partial charge on any atom is -0.493 e. The first-order chi connectivity index (χ1) is 12.3. The van der Waals surface area contributed by atoms with E-state index in [0.717, 1.165) is 56.1 Å². The Balaban J connectivity index is 1.52. The first-order valence-corrected chi connectivity index (χ1v) is 9.67. The van der Waals surface area contributed by atoms with Gasteiger partial charge in [0.1, 0.15) is 5.75 Å². The number of ether oxygens (including phenoxy) is 2. The molecule has 1 saturated heterocycles. The summed E-state index contributed by atoms with van der Waals surface area (Å²) in [7, 11) is 0. The molecule has 132 valence electrons. The molecule has 0 spiro atoms. The molecule has 2 aromatic carbocycles. The highest BCUT2D eigenvalue weighted by molar-refractivity contribution is 9.10. The van der Waals surface area contributed by atoms with E-state index in [1.165, 1.54) is 16.8 Å². The van der Waals surface area contributed by atoms with Crippen LogP contribution < -0.4 is 15.0 Å². The highest BCUT2D eigenvalue weighted by atomic mass is 79.9. The monoisotopic (exact) mass is 402 g/mol. The first kappa shape index (κ1) is 16.9. The fraction of sp³-hybridized carbons (Fsp3) is 0.400. The summed E-state index contributed by atoms with van der Waals surface area (Å²) in [4.78, 5) is 2.42. The van der Waals surface area contributed by atoms with Crippen LogP contribution >= 0.6 is 15.9 Å². The second kappa shape index (κ2) is 7.77. The summed E-state index contributed by atoms with van der Waals surface area (Å²) in [6.45, 7) is 5.11. The number of anilines is 1. The molecular weight excluding hydrogens is 380 g/mol. The second-order valence-electron chi connectivity index (χ2n) is 6.48. The standard InChI is InChI=1S/C20H23BrN2O2/c21-16-6-5-15(19(13-16)23-8-11-24-12-9-23)14-22-18-7-10-25-20-4-2-1-3-17(18)20/h1-6,13,18,22H,7-12,14H2/t18-/m0/s1. The van der Waals surface area contributed by atoms with Gasteiger partial charge < -0.3 is 19.7 Å². The van der Waals surface area contributed by atoms with Crippen molar-refractivity contribution >= 4 is 21.6 Å². The van der Waals surface area contributed by atoms with Gasteiger partial charge in [0.25, 0.3) is 0 Å². The van der Waals surface area contributed by atoms with E-state index in [-0.39, 0.29) is 0 Å². The van der Waals surface area contributed by atoms with Crippen LogP contribution in [0.2, 0.25) is 0 Å². The van der Waals surface area contributed by atoms with Crippen LogP contribution in [0.4, 0.5) is 5.69 Å². The largest absolute Gasteiger partial charge is 0.493 e. The number of morpholine rings is 1. The van der Waals surface area contributed by atoms with Crippen molar-refractivity contribution in [3.63, 3.8) is 0 Å². The topological polar surface area (TPSA) is 33.7 Å². The molecular formula is C20H23BrN2O2. The van der Waals surface area contributed by atoms with Crippen LogP contribution in [0.15, 0.2) is 46.9 Å². The van der Waals surface area contributed by atoms with Crippen molar-refractivity contribution in [2.24, 2.45) is 0 Å². The summed E-state index contributed by atoms with van der Waals surface area (Å²) in [5.74, 6) is 1.01. The van der Waals surface area contributed by atoms with Crippen molar-refractivity contribution in [1.29, 1.82) is 0 Å². The summed E-state index contributed by atoms with van der Waals surface area (Å²) in [6.07, 6.45) is 1.00. The number of benzene rings is 2. The zero-order valence-corrected chi connectivity index (χ0v) is 15.8. The van der Waals surface area contributed by atoms with E-state index in [1.807, 2.05) is 6.07 Å². The minimum absolute atomic E-state index is 0.339. The molecule has 2 aliphatic heterocycles. The maximum absolute atomic E-state index is 5.77. The smallest absolute Gasteiger partial charge is 0.124 e. The fourth-order valence-electron chi connectivity index (χ4n) is 3.57. The normalized spacial score (nSPS) is 20.0. The summed E-state index contributed by atoms with van der Waals surface area (Å²) in [5.41, 5.74) is 3.89. The van der Waals surface area contributed by atoms with Crippen LogP contribution in [-0.2, 0) is 11.3 Å². The predicted molar refractivity (Wildman–Crippen MR) is 103 cm³/mol. The Bertz CT molecular complexity index is 731. The SMILES string of the molecule is Brc1ccc(CN[C@H]2CCOc3ccccc32)c(N2CCOCC2)c1. The van der Waals surface area contributed by atoms with E-state index in [1.54, 1.807) is 0 Å². The molecule has 1 atom stereocenters. The summed E-state index contributed by atoms with van der Waals surface area (Å²) >= 11 is 3.62. The Morgan fingerprint density at radius 2 is 1.92 bits per heavy atom. The van der Waals surface area contributed by atoms with Crippen molar-refractivity contribution in [2.75, 3.05) is 37.8 Å². The Labute approximate surface area is 157 Å². The lowest BCUT2D eigenvalue weighted by molar-refractivity contribution is 0.122. The molecule has 5 heteroatoms. The summed E-state index contributed by atoms with van der Waals surface area (Å²) in [6, 6.07) is 15.2. The van der Waals surface area contributed by atoms with E-state index in [9.17, 15) is 0 Å². The van der Waals surface area contributed by atoms with E-state index in [2.05, 4.69) is 62.5 Å². The van der Waals surface area contributed by atoms with Crippen molar-refractivity contribution < 1.29 is 9.47 Å². The van der Waals surface area contributed by atoms with Gasteiger partial charge in [0.05, 0.1) is 19.8 Å². The molecule has 0 amide bonds. The lowest BCUT2D eigenvalue weighted by Gasteiger charge is -2.32. The number of para-hydroxylation sites is 1. The third-order valence-electron chi connectivity index (χ3n) is 4.90. The van der Waals surface area contributed by atoms with E-state index < -0.39 is 0 Å². The Morgan fingerprint density at radius 3 is 2.80 bits per heavy atom. The molecule has 0 saturated carbocycles. The van der Waals surface area contributed by atoms with Gasteiger partial charge in [-0.2, -0.15) is 0 Å². The quantitative estimate of drug-likeness (QED) is 0.840. The Hall–Kier alpha value is -1.56. The number of nitrogens with one attached hydrogen (secondary N) is 1. The third kappa shape index (κ3) is 3.84. The van der Waals surface area contributed by atoms with Gasteiger partial charge in [-0.05, 0) is 23.8 Å². The molecule has 2 aliphatic rings. The molecule has 1 fully saturated rings. The Kier molecular flexibility index (Phi) is 5.25. The molecule has 0 aromatic heterocycles. The van der Waals surface area contributed by atoms with E-state index in [4.69, 9.17) is 9.47 Å².